The van der Waals surface area contributed by atoms with Crippen molar-refractivity contribution >= 4 is 27.5 Å². The van der Waals surface area contributed by atoms with Gasteiger partial charge in [0.2, 0.25) is 0 Å². The van der Waals surface area contributed by atoms with Crippen molar-refractivity contribution in [3.05, 3.63) is 22.5 Å². The molecule has 1 aliphatic rings. The van der Waals surface area contributed by atoms with Crippen LogP contribution in [0.15, 0.2) is 6.33 Å². The van der Waals surface area contributed by atoms with E-state index in [4.69, 9.17) is 5.11 Å². The van der Waals surface area contributed by atoms with Crippen LogP contribution >= 0.6 is 11.3 Å². The van der Waals surface area contributed by atoms with E-state index < -0.39 is 5.97 Å². The Morgan fingerprint density at radius 3 is 3.18 bits per heavy atom. The minimum absolute atomic E-state index is 0.140. The lowest BCUT2D eigenvalue weighted by molar-refractivity contribution is -0.137. The number of thiophene rings is 1. The minimum atomic E-state index is -0.725. The average Bonchev–Trinajstić information content (AvgIpc) is 2.78. The summed E-state index contributed by atoms with van der Waals surface area (Å²) >= 11 is 1.69. The van der Waals surface area contributed by atoms with Crippen molar-refractivity contribution in [2.24, 2.45) is 0 Å². The number of rotatable bonds is 2. The number of nitrogens with zero attached hydrogens (tertiary/aromatic N) is 2. The highest BCUT2D eigenvalue weighted by Crippen LogP contribution is 2.45. The van der Waals surface area contributed by atoms with Gasteiger partial charge in [0.1, 0.15) is 11.2 Å². The van der Waals surface area contributed by atoms with Gasteiger partial charge in [-0.1, -0.05) is 0 Å². The van der Waals surface area contributed by atoms with E-state index in [2.05, 4.69) is 9.97 Å². The van der Waals surface area contributed by atoms with Crippen LogP contribution < -0.4 is 0 Å². The first-order valence-corrected chi connectivity index (χ1v) is 6.43. The molecule has 3 rings (SSSR count). The maximum atomic E-state index is 10.9. The number of carboxylic acids is 1. The molecule has 1 N–H and O–H groups in total. The van der Waals surface area contributed by atoms with Crippen LogP contribution in [0.2, 0.25) is 0 Å². The quantitative estimate of drug-likeness (QED) is 0.887. The zero-order valence-corrected chi connectivity index (χ0v) is 10.3. The van der Waals surface area contributed by atoms with Gasteiger partial charge < -0.3 is 5.11 Å². The van der Waals surface area contributed by atoms with Gasteiger partial charge in [-0.3, -0.25) is 4.79 Å². The lowest BCUT2D eigenvalue weighted by atomic mass is 9.97. The Hall–Kier alpha value is -1.49. The first-order chi connectivity index (χ1) is 8.16. The van der Waals surface area contributed by atoms with Crippen LogP contribution in [0.3, 0.4) is 0 Å². The second kappa shape index (κ2) is 3.77. The highest BCUT2D eigenvalue weighted by atomic mass is 32.1. The summed E-state index contributed by atoms with van der Waals surface area (Å²) in [5.41, 5.74) is 2.16. The van der Waals surface area contributed by atoms with Gasteiger partial charge in [-0.05, 0) is 31.2 Å². The number of aromatic nitrogens is 2. The number of fused-ring (bicyclic) bond motifs is 3. The molecule has 0 saturated carbocycles. The minimum Gasteiger partial charge on any atom is -0.481 e. The van der Waals surface area contributed by atoms with Crippen molar-refractivity contribution in [3.63, 3.8) is 0 Å². The monoisotopic (exact) mass is 248 g/mol. The Balaban J connectivity index is 2.18. The number of aryl methyl sites for hydroxylation is 2. The Kier molecular flexibility index (Phi) is 2.36. The average molecular weight is 248 g/mol. The molecule has 0 saturated heterocycles. The lowest BCUT2D eigenvalue weighted by Gasteiger charge is -2.08. The van der Waals surface area contributed by atoms with E-state index in [0.717, 1.165) is 28.8 Å². The van der Waals surface area contributed by atoms with Gasteiger partial charge in [0.25, 0.3) is 0 Å². The molecule has 0 radical (unpaired) electrons. The topological polar surface area (TPSA) is 63.1 Å². The predicted octanol–water partition coefficient (Wildman–Crippen LogP) is 2.50. The maximum Gasteiger partial charge on any atom is 0.303 e. The van der Waals surface area contributed by atoms with Gasteiger partial charge in [-0.15, -0.1) is 11.3 Å². The molecule has 0 bridgehead atoms. The highest BCUT2D eigenvalue weighted by Gasteiger charge is 2.30. The fourth-order valence-electron chi connectivity index (χ4n) is 2.63. The van der Waals surface area contributed by atoms with Crippen molar-refractivity contribution in [2.45, 2.75) is 32.1 Å². The summed E-state index contributed by atoms with van der Waals surface area (Å²) in [6, 6.07) is 0. The van der Waals surface area contributed by atoms with E-state index in [9.17, 15) is 4.79 Å². The van der Waals surface area contributed by atoms with Crippen LogP contribution in [-0.4, -0.2) is 21.0 Å². The summed E-state index contributed by atoms with van der Waals surface area (Å²) in [6.45, 7) is 1.97. The molecule has 2 aromatic rings. The number of carbonyl (C=O) groups is 1. The molecule has 5 heteroatoms. The normalized spacial score (nSPS) is 18.5. The fraction of sp³-hybridized carbons (Fsp3) is 0.417. The van der Waals surface area contributed by atoms with Gasteiger partial charge in [0.05, 0.1) is 6.42 Å². The summed E-state index contributed by atoms with van der Waals surface area (Å²) in [5.74, 6) is -0.586. The van der Waals surface area contributed by atoms with Crippen molar-refractivity contribution in [3.8, 4) is 0 Å². The van der Waals surface area contributed by atoms with E-state index in [1.54, 1.807) is 17.7 Å². The Labute approximate surface area is 102 Å². The van der Waals surface area contributed by atoms with Crippen LogP contribution in [0.5, 0.6) is 0 Å². The summed E-state index contributed by atoms with van der Waals surface area (Å²) in [5, 5.41) is 10.0. The van der Waals surface area contributed by atoms with E-state index in [-0.39, 0.29) is 12.3 Å². The fourth-order valence-corrected chi connectivity index (χ4v) is 3.92. The zero-order chi connectivity index (χ0) is 12.0. The predicted molar refractivity (Wildman–Crippen MR) is 65.5 cm³/mol. The molecule has 88 valence electrons. The molecular formula is C12H12N2O2S. The molecule has 17 heavy (non-hydrogen) atoms. The summed E-state index contributed by atoms with van der Waals surface area (Å²) in [7, 11) is 0. The molecule has 1 aliphatic carbocycles. The molecule has 1 atom stereocenters. The Morgan fingerprint density at radius 1 is 1.59 bits per heavy atom. The van der Waals surface area contributed by atoms with Crippen molar-refractivity contribution in [1.29, 1.82) is 0 Å². The van der Waals surface area contributed by atoms with Crippen molar-refractivity contribution < 1.29 is 9.90 Å². The van der Waals surface area contributed by atoms with Crippen LogP contribution in [0.25, 0.3) is 10.2 Å². The molecule has 0 aromatic carbocycles. The Bertz CT molecular complexity index is 606. The van der Waals surface area contributed by atoms with E-state index >= 15 is 0 Å². The van der Waals surface area contributed by atoms with E-state index in [1.165, 1.54) is 10.4 Å². The molecule has 0 unspecified atom stereocenters. The third kappa shape index (κ3) is 1.61. The van der Waals surface area contributed by atoms with Gasteiger partial charge in [0, 0.05) is 16.0 Å². The van der Waals surface area contributed by atoms with E-state index in [0.29, 0.717) is 0 Å². The van der Waals surface area contributed by atoms with Gasteiger partial charge in [0.15, 0.2) is 0 Å². The number of hydrogen-bond donors (Lipinski definition) is 1. The van der Waals surface area contributed by atoms with Crippen molar-refractivity contribution in [1.82, 2.24) is 9.97 Å². The SMILES string of the molecule is Cc1ncnc2sc3c(c12)[C@@H](CC(=O)O)CC3. The Morgan fingerprint density at radius 2 is 2.41 bits per heavy atom. The van der Waals surface area contributed by atoms with Gasteiger partial charge in [-0.25, -0.2) is 9.97 Å². The lowest BCUT2D eigenvalue weighted by Crippen LogP contribution is -2.03. The second-order valence-corrected chi connectivity index (χ2v) is 5.50. The summed E-state index contributed by atoms with van der Waals surface area (Å²) in [6.07, 6.45) is 3.72. The van der Waals surface area contributed by atoms with Crippen molar-refractivity contribution in [2.75, 3.05) is 0 Å². The molecular weight excluding hydrogens is 236 g/mol. The van der Waals surface area contributed by atoms with Gasteiger partial charge >= 0.3 is 5.97 Å². The first-order valence-electron chi connectivity index (χ1n) is 5.61. The number of hydrogen-bond acceptors (Lipinski definition) is 4. The number of aliphatic carboxylic acids is 1. The summed E-state index contributed by atoms with van der Waals surface area (Å²) < 4.78 is 0. The number of carboxylic acid groups (broad SMARTS) is 1. The molecule has 4 nitrogen and oxygen atoms in total. The smallest absolute Gasteiger partial charge is 0.303 e. The standard InChI is InChI=1S/C12H12N2O2S/c1-6-10-11-7(4-9(15)16)2-3-8(11)17-12(10)14-5-13-6/h5,7H,2-4H2,1H3,(H,15,16)/t7-/m1/s1. The van der Waals surface area contributed by atoms with Gasteiger partial charge in [-0.2, -0.15) is 0 Å². The van der Waals surface area contributed by atoms with Crippen LogP contribution in [0.1, 0.15) is 34.9 Å². The maximum absolute atomic E-state index is 10.9. The van der Waals surface area contributed by atoms with E-state index in [1.807, 2.05) is 6.92 Å². The van der Waals surface area contributed by atoms with Crippen LogP contribution in [0, 0.1) is 6.92 Å². The largest absolute Gasteiger partial charge is 0.481 e. The zero-order valence-electron chi connectivity index (χ0n) is 9.43. The molecule has 0 aliphatic heterocycles. The molecule has 0 spiro atoms. The van der Waals surface area contributed by atoms with Crippen LogP contribution in [0.4, 0.5) is 0 Å². The molecule has 2 aromatic heterocycles. The second-order valence-electron chi connectivity index (χ2n) is 4.41. The highest BCUT2D eigenvalue weighted by molar-refractivity contribution is 7.18. The summed E-state index contributed by atoms with van der Waals surface area (Å²) in [4.78, 5) is 21.7. The molecule has 2 heterocycles. The van der Waals surface area contributed by atoms with Crippen LogP contribution in [-0.2, 0) is 11.2 Å². The first kappa shape index (κ1) is 10.7. The third-order valence-corrected chi connectivity index (χ3v) is 4.51. The molecule has 0 amide bonds. The molecule has 0 fully saturated rings. The third-order valence-electron chi connectivity index (χ3n) is 3.34.